The van der Waals surface area contributed by atoms with Crippen LogP contribution in [0.3, 0.4) is 0 Å². The number of rotatable bonds is 5. The summed E-state index contributed by atoms with van der Waals surface area (Å²) in [5.41, 5.74) is 0.0584. The predicted octanol–water partition coefficient (Wildman–Crippen LogP) is 6.85. The third kappa shape index (κ3) is 4.27. The summed E-state index contributed by atoms with van der Waals surface area (Å²) < 4.78 is 49.8. The van der Waals surface area contributed by atoms with Crippen LogP contribution in [-0.4, -0.2) is 31.9 Å². The lowest BCUT2D eigenvalue weighted by molar-refractivity contribution is -0.274. The molecule has 2 aromatic carbocycles. The lowest BCUT2D eigenvalue weighted by atomic mass is 10.0. The molecule has 0 fully saturated rings. The number of alkyl halides is 3. The number of ketones is 1. The van der Waals surface area contributed by atoms with Crippen molar-refractivity contribution in [3.8, 4) is 33.8 Å². The number of aromatic nitrogens is 2. The molecule has 5 aromatic rings. The average Bonchev–Trinajstić information content (AvgIpc) is 3.48. The summed E-state index contributed by atoms with van der Waals surface area (Å²) in [4.78, 5) is 17.8. The third-order valence-electron chi connectivity index (χ3n) is 5.18. The molecule has 0 atom stereocenters. The fourth-order valence-corrected chi connectivity index (χ4v) is 4.98. The van der Waals surface area contributed by atoms with Gasteiger partial charge in [0.25, 0.3) is 0 Å². The maximum Gasteiger partial charge on any atom is 0.573 e. The van der Waals surface area contributed by atoms with Crippen molar-refractivity contribution in [3.05, 3.63) is 76.7 Å². The van der Waals surface area contributed by atoms with Crippen LogP contribution in [0.1, 0.15) is 21.9 Å². The molecular formula is C24H14ClF3N2O5S. The summed E-state index contributed by atoms with van der Waals surface area (Å²) >= 11 is 7.15. The first-order valence-corrected chi connectivity index (χ1v) is 11.4. The Bertz CT molecular complexity index is 1640. The van der Waals surface area contributed by atoms with E-state index in [0.717, 1.165) is 28.0 Å². The second kappa shape index (κ2) is 8.61. The van der Waals surface area contributed by atoms with Crippen LogP contribution in [0.2, 0.25) is 5.02 Å². The Balaban J connectivity index is 1.78. The van der Waals surface area contributed by atoms with Crippen molar-refractivity contribution in [2.24, 2.45) is 0 Å². The number of hydrogen-bond donors (Lipinski definition) is 2. The number of halogens is 4. The minimum atomic E-state index is -4.96. The molecule has 12 heteroatoms. The summed E-state index contributed by atoms with van der Waals surface area (Å²) in [5.74, 6) is -2.59. The minimum Gasteiger partial charge on any atom is -0.503 e. The van der Waals surface area contributed by atoms with Crippen molar-refractivity contribution in [1.29, 1.82) is 0 Å². The van der Waals surface area contributed by atoms with Crippen LogP contribution in [0, 0.1) is 6.92 Å². The second-order valence-electron chi connectivity index (χ2n) is 7.65. The zero-order valence-corrected chi connectivity index (χ0v) is 19.7. The van der Waals surface area contributed by atoms with E-state index >= 15 is 0 Å². The van der Waals surface area contributed by atoms with E-state index in [0.29, 0.717) is 21.0 Å². The minimum absolute atomic E-state index is 0.0382. The van der Waals surface area contributed by atoms with Crippen molar-refractivity contribution in [3.63, 3.8) is 0 Å². The van der Waals surface area contributed by atoms with Gasteiger partial charge in [-0.05, 0) is 49.4 Å². The van der Waals surface area contributed by atoms with E-state index in [4.69, 9.17) is 16.0 Å². The van der Waals surface area contributed by atoms with Gasteiger partial charge in [0.2, 0.25) is 11.7 Å². The lowest BCUT2D eigenvalue weighted by Crippen LogP contribution is -2.17. The first-order valence-electron chi connectivity index (χ1n) is 10.2. The highest BCUT2D eigenvalue weighted by atomic mass is 35.5. The molecule has 0 saturated heterocycles. The van der Waals surface area contributed by atoms with E-state index in [1.807, 2.05) is 0 Å². The van der Waals surface area contributed by atoms with Crippen LogP contribution in [0.15, 0.2) is 59.0 Å². The molecule has 0 unspecified atom stereocenters. The summed E-state index contributed by atoms with van der Waals surface area (Å²) in [6, 6.07) is 12.6. The van der Waals surface area contributed by atoms with Gasteiger partial charge in [-0.2, -0.15) is 0 Å². The van der Waals surface area contributed by atoms with E-state index in [1.165, 1.54) is 24.3 Å². The molecule has 0 bridgehead atoms. The van der Waals surface area contributed by atoms with Gasteiger partial charge in [0.05, 0.1) is 21.5 Å². The van der Waals surface area contributed by atoms with E-state index in [-0.39, 0.29) is 27.7 Å². The number of carbonyl (C=O) groups excluding carboxylic acids is 1. The van der Waals surface area contributed by atoms with Crippen molar-refractivity contribution < 1.29 is 37.3 Å². The topological polar surface area (TPSA) is 97.7 Å². The Morgan fingerprint density at radius 3 is 2.61 bits per heavy atom. The lowest BCUT2D eigenvalue weighted by Gasteiger charge is -2.12. The molecule has 0 aliphatic heterocycles. The van der Waals surface area contributed by atoms with Crippen LogP contribution in [0.4, 0.5) is 13.2 Å². The van der Waals surface area contributed by atoms with Crippen LogP contribution < -0.4 is 4.74 Å². The molecule has 184 valence electrons. The zero-order valence-electron chi connectivity index (χ0n) is 18.1. The number of aryl methyl sites for hydroxylation is 1. The molecule has 0 saturated carbocycles. The number of ether oxygens (including phenoxy) is 1. The summed E-state index contributed by atoms with van der Waals surface area (Å²) in [6.45, 7) is 1.62. The van der Waals surface area contributed by atoms with Crippen LogP contribution >= 0.6 is 22.9 Å². The molecule has 0 spiro atoms. The fraction of sp³-hybridized carbons (Fsp3) is 0.0833. The molecule has 0 radical (unpaired) electrons. The zero-order chi connectivity index (χ0) is 25.8. The van der Waals surface area contributed by atoms with Gasteiger partial charge in [-0.15, -0.1) is 13.2 Å². The quantitative estimate of drug-likeness (QED) is 0.239. The van der Waals surface area contributed by atoms with E-state index in [1.54, 1.807) is 25.1 Å². The first-order chi connectivity index (χ1) is 17.0. The molecule has 7 nitrogen and oxygen atoms in total. The smallest absolute Gasteiger partial charge is 0.503 e. The maximum atomic E-state index is 13.4. The van der Waals surface area contributed by atoms with Crippen LogP contribution in [0.25, 0.3) is 26.6 Å². The largest absolute Gasteiger partial charge is 0.573 e. The number of aromatic hydroxyl groups is 2. The molecule has 3 heterocycles. The number of nitrogens with zero attached hydrogens (tertiary/aromatic N) is 2. The van der Waals surface area contributed by atoms with Gasteiger partial charge in [-0.1, -0.05) is 35.1 Å². The highest BCUT2D eigenvalue weighted by Gasteiger charge is 2.34. The molecule has 0 amide bonds. The number of carbonyl (C=O) groups is 1. The van der Waals surface area contributed by atoms with E-state index < -0.39 is 29.5 Å². The SMILES string of the molecule is Cc1ccc(C(=O)c2c(O)c(O)n(-c3nc4ccc(Cl)cc4s3)c2-c2cccc(OC(F)(F)F)c2)o1. The van der Waals surface area contributed by atoms with Gasteiger partial charge in [-0.3, -0.25) is 9.36 Å². The Labute approximate surface area is 209 Å². The Morgan fingerprint density at radius 1 is 1.14 bits per heavy atom. The number of fused-ring (bicyclic) bond motifs is 1. The van der Waals surface area contributed by atoms with Crippen molar-refractivity contribution >= 4 is 38.9 Å². The van der Waals surface area contributed by atoms with Gasteiger partial charge in [0, 0.05) is 10.6 Å². The predicted molar refractivity (Wildman–Crippen MR) is 126 cm³/mol. The van der Waals surface area contributed by atoms with E-state index in [9.17, 15) is 28.2 Å². The normalized spacial score (nSPS) is 11.8. The molecule has 2 N–H and O–H groups in total. The standard InChI is InChI=1S/C24H14ClF3N2O5S/c1-11-5-8-16(34-11)20(31)18-19(12-3-2-4-14(9-12)35-24(26,27)28)30(22(33)21(18)32)23-29-15-7-6-13(25)10-17(15)36-23/h2-10,32-33H,1H3. The van der Waals surface area contributed by atoms with E-state index in [2.05, 4.69) is 9.72 Å². The van der Waals surface area contributed by atoms with Crippen molar-refractivity contribution in [1.82, 2.24) is 9.55 Å². The average molecular weight is 535 g/mol. The summed E-state index contributed by atoms with van der Waals surface area (Å²) in [6.07, 6.45) is -4.96. The van der Waals surface area contributed by atoms with Gasteiger partial charge in [0.15, 0.2) is 16.6 Å². The van der Waals surface area contributed by atoms with Crippen molar-refractivity contribution in [2.45, 2.75) is 13.3 Å². The monoisotopic (exact) mass is 534 g/mol. The van der Waals surface area contributed by atoms with Crippen LogP contribution in [0.5, 0.6) is 17.4 Å². The Hall–Kier alpha value is -3.96. The second-order valence-corrected chi connectivity index (χ2v) is 9.10. The highest BCUT2D eigenvalue weighted by Crippen LogP contribution is 2.46. The van der Waals surface area contributed by atoms with Gasteiger partial charge in [-0.25, -0.2) is 4.98 Å². The number of furan rings is 1. The number of hydrogen-bond acceptors (Lipinski definition) is 7. The molecule has 36 heavy (non-hydrogen) atoms. The number of benzene rings is 2. The fourth-order valence-electron chi connectivity index (χ4n) is 3.72. The Kier molecular flexibility index (Phi) is 5.68. The molecule has 3 aromatic heterocycles. The molecular weight excluding hydrogens is 521 g/mol. The van der Waals surface area contributed by atoms with Crippen LogP contribution in [-0.2, 0) is 0 Å². The third-order valence-corrected chi connectivity index (χ3v) is 6.42. The Morgan fingerprint density at radius 2 is 1.92 bits per heavy atom. The maximum absolute atomic E-state index is 13.4. The summed E-state index contributed by atoms with van der Waals surface area (Å²) in [7, 11) is 0. The van der Waals surface area contributed by atoms with Gasteiger partial charge < -0.3 is 19.4 Å². The molecule has 0 aliphatic carbocycles. The highest BCUT2D eigenvalue weighted by molar-refractivity contribution is 7.20. The molecule has 5 rings (SSSR count). The van der Waals surface area contributed by atoms with Crippen molar-refractivity contribution in [2.75, 3.05) is 0 Å². The van der Waals surface area contributed by atoms with Gasteiger partial charge >= 0.3 is 6.36 Å². The number of thiazole rings is 1. The molecule has 0 aliphatic rings. The first kappa shape index (κ1) is 23.8. The van der Waals surface area contributed by atoms with Gasteiger partial charge in [0.1, 0.15) is 11.5 Å². The summed E-state index contributed by atoms with van der Waals surface area (Å²) in [5, 5.41) is 22.3.